The summed E-state index contributed by atoms with van der Waals surface area (Å²) in [4.78, 5) is 23.4. The van der Waals surface area contributed by atoms with Crippen molar-refractivity contribution in [2.75, 3.05) is 5.32 Å². The number of furan rings is 1. The molecule has 1 heterocycles. The summed E-state index contributed by atoms with van der Waals surface area (Å²) in [6.07, 6.45) is 0.414. The third-order valence-corrected chi connectivity index (χ3v) is 3.42. The summed E-state index contributed by atoms with van der Waals surface area (Å²) >= 11 is 0. The maximum atomic E-state index is 12.3. The Morgan fingerprint density at radius 3 is 2.50 bits per heavy atom. The molecule has 116 valence electrons. The molecular weight excluding hydrogens is 282 g/mol. The maximum absolute atomic E-state index is 12.3. The Bertz CT molecular complexity index is 700. The largest absolute Gasteiger partial charge is 0.478 e. The van der Waals surface area contributed by atoms with E-state index in [4.69, 9.17) is 9.52 Å². The molecular formula is C17H19NO4. The smallest absolute Gasteiger partial charge is 0.339 e. The molecule has 0 bridgehead atoms. The molecule has 0 fully saturated rings. The zero-order valence-electron chi connectivity index (χ0n) is 12.8. The first kappa shape index (κ1) is 15.8. The van der Waals surface area contributed by atoms with E-state index in [9.17, 15) is 9.59 Å². The minimum atomic E-state index is -1.10. The van der Waals surface area contributed by atoms with Crippen molar-refractivity contribution in [2.24, 2.45) is 0 Å². The van der Waals surface area contributed by atoms with Gasteiger partial charge in [-0.1, -0.05) is 39.0 Å². The molecule has 5 nitrogen and oxygen atoms in total. The molecule has 0 saturated carbocycles. The highest BCUT2D eigenvalue weighted by atomic mass is 16.4. The average Bonchev–Trinajstić information content (AvgIpc) is 2.92. The summed E-state index contributed by atoms with van der Waals surface area (Å²) in [5.74, 6) is -0.978. The number of aromatic carboxylic acids is 1. The van der Waals surface area contributed by atoms with Crippen molar-refractivity contribution in [3.8, 4) is 0 Å². The van der Waals surface area contributed by atoms with Crippen LogP contribution >= 0.6 is 0 Å². The first-order chi connectivity index (χ1) is 10.4. The number of anilines is 1. The molecule has 22 heavy (non-hydrogen) atoms. The highest BCUT2D eigenvalue weighted by Gasteiger charge is 2.20. The number of nitrogens with one attached hydrogen (secondary N) is 1. The van der Waals surface area contributed by atoms with Crippen molar-refractivity contribution in [1.29, 1.82) is 0 Å². The SMILES string of the molecule is CCc1oc(C(=O)Nc2ccccc2C(C)C)cc1C(=O)O. The number of carbonyl (C=O) groups excluding carboxylic acids is 1. The molecule has 0 saturated heterocycles. The maximum Gasteiger partial charge on any atom is 0.339 e. The van der Waals surface area contributed by atoms with E-state index < -0.39 is 11.9 Å². The van der Waals surface area contributed by atoms with Gasteiger partial charge < -0.3 is 14.8 Å². The van der Waals surface area contributed by atoms with Crippen LogP contribution in [0.15, 0.2) is 34.7 Å². The Hall–Kier alpha value is -2.56. The lowest BCUT2D eigenvalue weighted by atomic mass is 10.0. The summed E-state index contributed by atoms with van der Waals surface area (Å²) in [6.45, 7) is 5.85. The van der Waals surface area contributed by atoms with Crippen molar-refractivity contribution in [1.82, 2.24) is 0 Å². The normalized spacial score (nSPS) is 10.7. The third-order valence-electron chi connectivity index (χ3n) is 3.42. The molecule has 0 aliphatic carbocycles. The van der Waals surface area contributed by atoms with E-state index in [0.717, 1.165) is 5.56 Å². The summed E-state index contributed by atoms with van der Waals surface area (Å²) in [5, 5.41) is 11.9. The van der Waals surface area contributed by atoms with Crippen LogP contribution in [0, 0.1) is 0 Å². The van der Waals surface area contributed by atoms with Gasteiger partial charge in [0.2, 0.25) is 0 Å². The number of amides is 1. The standard InChI is InChI=1S/C17H19NO4/c1-4-14-12(17(20)21)9-15(22-14)16(19)18-13-8-6-5-7-11(13)10(2)3/h5-10H,4H2,1-3H3,(H,18,19)(H,20,21). The number of para-hydroxylation sites is 1. The van der Waals surface area contributed by atoms with Gasteiger partial charge >= 0.3 is 5.97 Å². The van der Waals surface area contributed by atoms with Crippen LogP contribution in [-0.2, 0) is 6.42 Å². The number of hydrogen-bond donors (Lipinski definition) is 2. The molecule has 2 rings (SSSR count). The summed E-state index contributed by atoms with van der Waals surface area (Å²) < 4.78 is 5.37. The quantitative estimate of drug-likeness (QED) is 0.877. The van der Waals surface area contributed by atoms with Crippen LogP contribution in [0.4, 0.5) is 5.69 Å². The van der Waals surface area contributed by atoms with Crippen molar-refractivity contribution >= 4 is 17.6 Å². The molecule has 0 aliphatic heterocycles. The number of hydrogen-bond acceptors (Lipinski definition) is 3. The number of rotatable bonds is 5. The molecule has 1 aromatic carbocycles. The third kappa shape index (κ3) is 3.19. The van der Waals surface area contributed by atoms with Crippen LogP contribution in [0.2, 0.25) is 0 Å². The Morgan fingerprint density at radius 1 is 1.27 bits per heavy atom. The highest BCUT2D eigenvalue weighted by Crippen LogP contribution is 2.25. The molecule has 2 N–H and O–H groups in total. The zero-order valence-corrected chi connectivity index (χ0v) is 12.8. The first-order valence-corrected chi connectivity index (χ1v) is 7.20. The number of carboxylic acid groups (broad SMARTS) is 1. The van der Waals surface area contributed by atoms with E-state index in [1.54, 1.807) is 6.92 Å². The van der Waals surface area contributed by atoms with Gasteiger partial charge in [-0.3, -0.25) is 4.79 Å². The number of carbonyl (C=O) groups is 2. The molecule has 5 heteroatoms. The summed E-state index contributed by atoms with van der Waals surface area (Å²) in [5.41, 5.74) is 1.75. The molecule has 0 atom stereocenters. The zero-order chi connectivity index (χ0) is 16.3. The summed E-state index contributed by atoms with van der Waals surface area (Å²) in [7, 11) is 0. The lowest BCUT2D eigenvalue weighted by Crippen LogP contribution is -2.13. The Kier molecular flexibility index (Phi) is 4.65. The first-order valence-electron chi connectivity index (χ1n) is 7.20. The van der Waals surface area contributed by atoms with E-state index in [0.29, 0.717) is 17.9 Å². The van der Waals surface area contributed by atoms with Gasteiger partial charge in [0.25, 0.3) is 5.91 Å². The molecule has 1 aromatic heterocycles. The monoisotopic (exact) mass is 301 g/mol. The van der Waals surface area contributed by atoms with Gasteiger partial charge in [-0.2, -0.15) is 0 Å². The second-order valence-electron chi connectivity index (χ2n) is 5.30. The van der Waals surface area contributed by atoms with Gasteiger partial charge in [0, 0.05) is 18.2 Å². The Labute approximate surface area is 129 Å². The predicted octanol–water partition coefficient (Wildman–Crippen LogP) is 3.92. The van der Waals surface area contributed by atoms with Crippen molar-refractivity contribution < 1.29 is 19.1 Å². The summed E-state index contributed by atoms with van der Waals surface area (Å²) in [6, 6.07) is 8.78. The second kappa shape index (κ2) is 6.47. The molecule has 0 spiro atoms. The van der Waals surface area contributed by atoms with Gasteiger partial charge in [0.15, 0.2) is 5.76 Å². The topological polar surface area (TPSA) is 79.5 Å². The van der Waals surface area contributed by atoms with Gasteiger partial charge in [0.1, 0.15) is 11.3 Å². The fraction of sp³-hybridized carbons (Fsp3) is 0.294. The fourth-order valence-corrected chi connectivity index (χ4v) is 2.28. The number of aryl methyl sites for hydroxylation is 1. The van der Waals surface area contributed by atoms with E-state index in [1.165, 1.54) is 6.07 Å². The Balaban J connectivity index is 2.29. The molecule has 1 amide bonds. The van der Waals surface area contributed by atoms with Crippen molar-refractivity contribution in [3.05, 3.63) is 53.0 Å². The van der Waals surface area contributed by atoms with E-state index >= 15 is 0 Å². The fourth-order valence-electron chi connectivity index (χ4n) is 2.28. The van der Waals surface area contributed by atoms with Crippen LogP contribution in [0.5, 0.6) is 0 Å². The molecule has 0 aliphatic rings. The molecule has 0 radical (unpaired) electrons. The van der Waals surface area contributed by atoms with E-state index in [2.05, 4.69) is 5.32 Å². The number of carboxylic acids is 1. The highest BCUT2D eigenvalue weighted by molar-refractivity contribution is 6.04. The minimum absolute atomic E-state index is 0.00723. The van der Waals surface area contributed by atoms with Crippen molar-refractivity contribution in [3.63, 3.8) is 0 Å². The Morgan fingerprint density at radius 2 is 1.95 bits per heavy atom. The minimum Gasteiger partial charge on any atom is -0.478 e. The van der Waals surface area contributed by atoms with Crippen molar-refractivity contribution in [2.45, 2.75) is 33.1 Å². The number of benzene rings is 1. The molecule has 2 aromatic rings. The van der Waals surface area contributed by atoms with Crippen LogP contribution in [0.25, 0.3) is 0 Å². The lowest BCUT2D eigenvalue weighted by molar-refractivity contribution is 0.0694. The molecule has 0 unspecified atom stereocenters. The van der Waals surface area contributed by atoms with Gasteiger partial charge in [0.05, 0.1) is 0 Å². The van der Waals surface area contributed by atoms with Gasteiger partial charge in [-0.15, -0.1) is 0 Å². The average molecular weight is 301 g/mol. The van der Waals surface area contributed by atoms with Crippen LogP contribution in [0.3, 0.4) is 0 Å². The second-order valence-corrected chi connectivity index (χ2v) is 5.30. The van der Waals surface area contributed by atoms with Crippen LogP contribution in [0.1, 0.15) is 58.9 Å². The lowest BCUT2D eigenvalue weighted by Gasteiger charge is -2.12. The van der Waals surface area contributed by atoms with E-state index in [-0.39, 0.29) is 17.2 Å². The van der Waals surface area contributed by atoms with E-state index in [1.807, 2.05) is 38.1 Å². The van der Waals surface area contributed by atoms with Crippen LogP contribution < -0.4 is 5.32 Å². The predicted molar refractivity (Wildman–Crippen MR) is 83.5 cm³/mol. The van der Waals surface area contributed by atoms with Gasteiger partial charge in [-0.25, -0.2) is 4.79 Å². The van der Waals surface area contributed by atoms with Gasteiger partial charge in [-0.05, 0) is 17.5 Å². The van der Waals surface area contributed by atoms with Crippen LogP contribution in [-0.4, -0.2) is 17.0 Å².